The van der Waals surface area contributed by atoms with Crippen LogP contribution in [-0.2, 0) is 19.6 Å². The van der Waals surface area contributed by atoms with Gasteiger partial charge in [0.1, 0.15) is 0 Å². The minimum absolute atomic E-state index is 0.199. The molecular formula is C17H20F3N3O. The van der Waals surface area contributed by atoms with Crippen LogP contribution in [0.3, 0.4) is 0 Å². The molecule has 0 saturated carbocycles. The summed E-state index contributed by atoms with van der Waals surface area (Å²) in [5.74, 6) is 0. The second kappa shape index (κ2) is 6.57. The zero-order valence-corrected chi connectivity index (χ0v) is 13.4. The molecule has 1 saturated heterocycles. The minimum atomic E-state index is -4.35. The number of likely N-dealkylation sites (tertiary alicyclic amines) is 1. The lowest BCUT2D eigenvalue weighted by atomic mass is 10.0. The Morgan fingerprint density at radius 2 is 2.08 bits per heavy atom. The van der Waals surface area contributed by atoms with Gasteiger partial charge in [-0.05, 0) is 30.2 Å². The molecule has 1 aromatic carbocycles. The van der Waals surface area contributed by atoms with E-state index in [1.54, 1.807) is 16.9 Å². The molecule has 0 spiro atoms. The van der Waals surface area contributed by atoms with E-state index in [2.05, 4.69) is 5.10 Å². The Balaban J connectivity index is 1.77. The number of aliphatic hydroxyl groups excluding tert-OH is 1. The van der Waals surface area contributed by atoms with Gasteiger partial charge in [0, 0.05) is 44.5 Å². The normalized spacial score (nSPS) is 22.2. The fourth-order valence-electron chi connectivity index (χ4n) is 3.30. The largest absolute Gasteiger partial charge is 0.416 e. The highest BCUT2D eigenvalue weighted by molar-refractivity contribution is 5.29. The number of β-amino-alcohol motifs (C(OH)–C–C–N with tert-alkyl or cyclic N) is 1. The topological polar surface area (TPSA) is 41.3 Å². The average molecular weight is 339 g/mol. The number of rotatable bonds is 4. The zero-order valence-electron chi connectivity index (χ0n) is 13.4. The smallest absolute Gasteiger partial charge is 0.392 e. The number of aliphatic hydroxyl groups is 1. The fraction of sp³-hybridized carbons (Fsp3) is 0.471. The van der Waals surface area contributed by atoms with Crippen LogP contribution < -0.4 is 0 Å². The first-order chi connectivity index (χ1) is 11.3. The third-order valence-electron chi connectivity index (χ3n) is 4.56. The number of hydrogen-bond acceptors (Lipinski definition) is 3. The lowest BCUT2D eigenvalue weighted by Crippen LogP contribution is -2.27. The number of halogens is 3. The van der Waals surface area contributed by atoms with Crippen molar-refractivity contribution in [3.63, 3.8) is 0 Å². The van der Waals surface area contributed by atoms with Crippen molar-refractivity contribution in [1.29, 1.82) is 0 Å². The van der Waals surface area contributed by atoms with E-state index >= 15 is 0 Å². The van der Waals surface area contributed by atoms with Gasteiger partial charge in [0.15, 0.2) is 0 Å². The van der Waals surface area contributed by atoms with Crippen molar-refractivity contribution in [3.8, 4) is 0 Å². The number of nitrogens with zero attached hydrogens (tertiary/aromatic N) is 3. The third-order valence-corrected chi connectivity index (χ3v) is 4.56. The maximum absolute atomic E-state index is 12.9. The maximum atomic E-state index is 12.9. The molecular weight excluding hydrogens is 319 g/mol. The van der Waals surface area contributed by atoms with Gasteiger partial charge >= 0.3 is 6.18 Å². The van der Waals surface area contributed by atoms with Crippen molar-refractivity contribution in [3.05, 3.63) is 53.3 Å². The van der Waals surface area contributed by atoms with Gasteiger partial charge in [-0.1, -0.05) is 12.1 Å². The van der Waals surface area contributed by atoms with Crippen LogP contribution in [0, 0.1) is 0 Å². The molecule has 1 aliphatic rings. The molecule has 0 radical (unpaired) electrons. The van der Waals surface area contributed by atoms with E-state index in [-0.39, 0.29) is 6.04 Å². The van der Waals surface area contributed by atoms with Crippen molar-refractivity contribution >= 4 is 0 Å². The summed E-state index contributed by atoms with van der Waals surface area (Å²) in [6.07, 6.45) is -1.97. The summed E-state index contributed by atoms with van der Waals surface area (Å²) in [6.45, 7) is 1.14. The van der Waals surface area contributed by atoms with Gasteiger partial charge in [-0.2, -0.15) is 18.3 Å². The molecule has 2 atom stereocenters. The summed E-state index contributed by atoms with van der Waals surface area (Å²) in [4.78, 5) is 2.05. The minimum Gasteiger partial charge on any atom is -0.392 e. The van der Waals surface area contributed by atoms with Crippen LogP contribution in [0.15, 0.2) is 36.5 Å². The second-order valence-corrected chi connectivity index (χ2v) is 6.22. The van der Waals surface area contributed by atoms with Gasteiger partial charge in [0.2, 0.25) is 0 Å². The first kappa shape index (κ1) is 17.0. The van der Waals surface area contributed by atoms with Crippen molar-refractivity contribution < 1.29 is 18.3 Å². The summed E-state index contributed by atoms with van der Waals surface area (Å²) in [5.41, 5.74) is 1.01. The van der Waals surface area contributed by atoms with Crippen LogP contribution in [-0.4, -0.2) is 39.0 Å². The first-order valence-electron chi connectivity index (χ1n) is 7.91. The SMILES string of the molecule is Cn1nccc1CCN1C[C@@H](O)C[C@@H]1c1cccc(C(F)(F)F)c1. The highest BCUT2D eigenvalue weighted by atomic mass is 19.4. The van der Waals surface area contributed by atoms with Crippen LogP contribution in [0.2, 0.25) is 0 Å². The Hall–Kier alpha value is -1.86. The second-order valence-electron chi connectivity index (χ2n) is 6.22. The molecule has 1 fully saturated rings. The summed E-state index contributed by atoms with van der Waals surface area (Å²) < 4.78 is 40.6. The summed E-state index contributed by atoms with van der Waals surface area (Å²) in [5, 5.41) is 14.1. The van der Waals surface area contributed by atoms with E-state index in [0.29, 0.717) is 25.1 Å². The van der Waals surface area contributed by atoms with Crippen LogP contribution in [0.1, 0.15) is 29.3 Å². The van der Waals surface area contributed by atoms with Gasteiger partial charge < -0.3 is 5.11 Å². The highest BCUT2D eigenvalue weighted by Crippen LogP contribution is 2.36. The van der Waals surface area contributed by atoms with Crippen molar-refractivity contribution in [1.82, 2.24) is 14.7 Å². The number of aryl methyl sites for hydroxylation is 1. The Labute approximate surface area is 138 Å². The quantitative estimate of drug-likeness (QED) is 0.931. The zero-order chi connectivity index (χ0) is 17.3. The summed E-state index contributed by atoms with van der Waals surface area (Å²) >= 11 is 0. The molecule has 7 heteroatoms. The Kier molecular flexibility index (Phi) is 4.64. The monoisotopic (exact) mass is 339 g/mol. The third kappa shape index (κ3) is 3.62. The predicted octanol–water partition coefficient (Wildman–Crippen LogP) is 2.79. The molecule has 2 aromatic rings. The van der Waals surface area contributed by atoms with E-state index in [4.69, 9.17) is 0 Å². The van der Waals surface area contributed by atoms with Gasteiger partial charge in [0.05, 0.1) is 11.7 Å². The van der Waals surface area contributed by atoms with Gasteiger partial charge in [0.25, 0.3) is 0 Å². The number of alkyl halides is 3. The number of hydrogen-bond donors (Lipinski definition) is 1. The first-order valence-corrected chi connectivity index (χ1v) is 7.91. The summed E-state index contributed by atoms with van der Waals surface area (Å²) in [7, 11) is 1.86. The van der Waals surface area contributed by atoms with Crippen LogP contribution in [0.25, 0.3) is 0 Å². The van der Waals surface area contributed by atoms with Crippen LogP contribution >= 0.6 is 0 Å². The van der Waals surface area contributed by atoms with E-state index in [1.807, 2.05) is 18.0 Å². The molecule has 1 N–H and O–H groups in total. The summed E-state index contributed by atoms with van der Waals surface area (Å²) in [6, 6.07) is 7.13. The molecule has 0 bridgehead atoms. The van der Waals surface area contributed by atoms with Gasteiger partial charge in [-0.25, -0.2) is 0 Å². The Bertz CT molecular complexity index is 698. The standard InChI is InChI=1S/C17H20F3N3O/c1-22-14(5-7-21-22)6-8-23-11-15(24)10-16(23)12-3-2-4-13(9-12)17(18,19)20/h2-5,7,9,15-16,24H,6,8,10-11H2,1H3/t15-,16+/m0/s1. The molecule has 3 rings (SSSR count). The maximum Gasteiger partial charge on any atom is 0.416 e. The molecule has 4 nitrogen and oxygen atoms in total. The molecule has 1 aliphatic heterocycles. The van der Waals surface area contributed by atoms with E-state index in [0.717, 1.165) is 18.2 Å². The van der Waals surface area contributed by atoms with Gasteiger partial charge in [-0.3, -0.25) is 9.58 Å². The van der Waals surface area contributed by atoms with Crippen molar-refractivity contribution in [2.45, 2.75) is 31.2 Å². The molecule has 1 aromatic heterocycles. The molecule has 0 amide bonds. The lowest BCUT2D eigenvalue weighted by Gasteiger charge is -2.25. The molecule has 130 valence electrons. The van der Waals surface area contributed by atoms with Crippen LogP contribution in [0.5, 0.6) is 0 Å². The fourth-order valence-corrected chi connectivity index (χ4v) is 3.30. The van der Waals surface area contributed by atoms with Crippen molar-refractivity contribution in [2.75, 3.05) is 13.1 Å². The lowest BCUT2D eigenvalue weighted by molar-refractivity contribution is -0.137. The van der Waals surface area contributed by atoms with Crippen LogP contribution in [0.4, 0.5) is 13.2 Å². The molecule has 0 aliphatic carbocycles. The Morgan fingerprint density at radius 1 is 1.29 bits per heavy atom. The number of benzene rings is 1. The highest BCUT2D eigenvalue weighted by Gasteiger charge is 2.35. The number of aromatic nitrogens is 2. The van der Waals surface area contributed by atoms with E-state index < -0.39 is 17.8 Å². The van der Waals surface area contributed by atoms with Gasteiger partial charge in [-0.15, -0.1) is 0 Å². The predicted molar refractivity (Wildman–Crippen MR) is 83.3 cm³/mol. The average Bonchev–Trinajstić information content (AvgIpc) is 3.10. The molecule has 0 unspecified atom stereocenters. The van der Waals surface area contributed by atoms with E-state index in [9.17, 15) is 18.3 Å². The molecule has 24 heavy (non-hydrogen) atoms. The van der Waals surface area contributed by atoms with Crippen molar-refractivity contribution in [2.24, 2.45) is 7.05 Å². The molecule has 2 heterocycles. The Morgan fingerprint density at radius 3 is 2.75 bits per heavy atom. The van der Waals surface area contributed by atoms with E-state index in [1.165, 1.54) is 12.1 Å².